The maximum atomic E-state index is 13.5. The minimum atomic E-state index is -1.09. The number of ether oxygens (including phenoxy) is 2. The van der Waals surface area contributed by atoms with E-state index in [0.717, 1.165) is 11.3 Å². The van der Waals surface area contributed by atoms with Crippen molar-refractivity contribution in [2.75, 3.05) is 13.7 Å². The Morgan fingerprint density at radius 2 is 1.81 bits per heavy atom. The van der Waals surface area contributed by atoms with E-state index in [0.29, 0.717) is 45.7 Å². The van der Waals surface area contributed by atoms with Crippen LogP contribution in [0.4, 0.5) is 5.69 Å². The lowest BCUT2D eigenvalue weighted by Crippen LogP contribution is -2.28. The summed E-state index contributed by atoms with van der Waals surface area (Å²) in [7, 11) is 1.49. The molecule has 0 aromatic heterocycles. The Kier molecular flexibility index (Phi) is 8.43. The Morgan fingerprint density at radius 1 is 1.11 bits per heavy atom. The van der Waals surface area contributed by atoms with Crippen LogP contribution in [-0.4, -0.2) is 40.8 Å². The Hall–Kier alpha value is -4.30. The van der Waals surface area contributed by atoms with Gasteiger partial charge in [-0.2, -0.15) is 0 Å². The second-order valence-corrected chi connectivity index (χ2v) is 9.11. The van der Waals surface area contributed by atoms with Crippen LogP contribution in [0, 0.1) is 0 Å². The fourth-order valence-corrected chi connectivity index (χ4v) is 4.78. The summed E-state index contributed by atoms with van der Waals surface area (Å²) >= 11 is 1.30. The van der Waals surface area contributed by atoms with E-state index >= 15 is 0 Å². The molecule has 7 nitrogen and oxygen atoms in total. The van der Waals surface area contributed by atoms with Gasteiger partial charge >= 0.3 is 5.97 Å². The molecule has 37 heavy (non-hydrogen) atoms. The van der Waals surface area contributed by atoms with E-state index in [-0.39, 0.29) is 5.91 Å². The van der Waals surface area contributed by atoms with Gasteiger partial charge in [0, 0.05) is 5.56 Å². The van der Waals surface area contributed by atoms with Crippen LogP contribution >= 0.6 is 11.8 Å². The lowest BCUT2D eigenvalue weighted by Gasteiger charge is -2.16. The number of hydrogen-bond acceptors (Lipinski definition) is 6. The Morgan fingerprint density at radius 3 is 2.46 bits per heavy atom. The maximum Gasteiger partial charge on any atom is 0.341 e. The second-order valence-electron chi connectivity index (χ2n) is 8.10. The number of methoxy groups -OCH3 is 1. The highest BCUT2D eigenvalue weighted by atomic mass is 32.2. The zero-order valence-electron chi connectivity index (χ0n) is 20.3. The molecule has 0 spiro atoms. The van der Waals surface area contributed by atoms with E-state index in [1.807, 2.05) is 66.7 Å². The van der Waals surface area contributed by atoms with E-state index in [1.165, 1.54) is 18.9 Å². The summed E-state index contributed by atoms with van der Waals surface area (Å²) in [4.78, 5) is 31.5. The molecule has 3 aromatic carbocycles. The summed E-state index contributed by atoms with van der Waals surface area (Å²) in [6.45, 7) is 3.68. The van der Waals surface area contributed by atoms with Crippen molar-refractivity contribution in [3.05, 3.63) is 107 Å². The molecule has 1 heterocycles. The number of hydrogen-bond donors (Lipinski definition) is 1. The predicted octanol–water partition coefficient (Wildman–Crippen LogP) is 5.69. The molecule has 0 aliphatic carbocycles. The number of para-hydroxylation sites is 1. The number of nitrogens with zero attached hydrogens (tertiary/aromatic N) is 2. The van der Waals surface area contributed by atoms with Crippen LogP contribution in [0.25, 0.3) is 6.08 Å². The van der Waals surface area contributed by atoms with Gasteiger partial charge in [-0.25, -0.2) is 9.79 Å². The number of thioether (sulfide) groups is 1. The van der Waals surface area contributed by atoms with E-state index in [9.17, 15) is 9.59 Å². The van der Waals surface area contributed by atoms with E-state index < -0.39 is 12.6 Å². The summed E-state index contributed by atoms with van der Waals surface area (Å²) < 4.78 is 11.0. The average molecular weight is 515 g/mol. The summed E-state index contributed by atoms with van der Waals surface area (Å²) in [5.41, 5.74) is 3.17. The number of aliphatic carboxylic acids is 1. The highest BCUT2D eigenvalue weighted by Crippen LogP contribution is 2.38. The van der Waals surface area contributed by atoms with Crippen molar-refractivity contribution >= 4 is 40.6 Å². The first-order chi connectivity index (χ1) is 18.0. The largest absolute Gasteiger partial charge is 0.493 e. The van der Waals surface area contributed by atoms with Crippen LogP contribution in [0.2, 0.25) is 0 Å². The zero-order valence-corrected chi connectivity index (χ0v) is 21.1. The molecule has 0 radical (unpaired) electrons. The van der Waals surface area contributed by atoms with Crippen molar-refractivity contribution in [2.24, 2.45) is 4.99 Å². The monoisotopic (exact) mass is 514 g/mol. The number of aliphatic imine (C=N–C) groups is 1. The van der Waals surface area contributed by atoms with Gasteiger partial charge in [-0.15, -0.1) is 6.58 Å². The fourth-order valence-electron chi connectivity index (χ4n) is 3.78. The number of carboxylic acid groups (broad SMARTS) is 1. The summed E-state index contributed by atoms with van der Waals surface area (Å²) in [5, 5.41) is 9.63. The van der Waals surface area contributed by atoms with Gasteiger partial charge in [0.1, 0.15) is 0 Å². The summed E-state index contributed by atoms with van der Waals surface area (Å²) in [6, 6.07) is 22.8. The lowest BCUT2D eigenvalue weighted by atomic mass is 10.0. The normalized spacial score (nSPS) is 15.3. The summed E-state index contributed by atoms with van der Waals surface area (Å²) in [5.74, 6) is -0.523. The van der Waals surface area contributed by atoms with Gasteiger partial charge in [0.15, 0.2) is 23.3 Å². The molecule has 0 saturated carbocycles. The van der Waals surface area contributed by atoms with E-state index in [2.05, 4.69) is 6.58 Å². The van der Waals surface area contributed by atoms with Crippen molar-refractivity contribution in [3.8, 4) is 11.5 Å². The number of carbonyl (C=O) groups excluding carboxylic acids is 1. The van der Waals surface area contributed by atoms with Gasteiger partial charge in [-0.1, -0.05) is 54.6 Å². The summed E-state index contributed by atoms with van der Waals surface area (Å²) in [6.07, 6.45) is 3.92. The molecule has 4 rings (SSSR count). The Bertz CT molecular complexity index is 1350. The second kappa shape index (κ2) is 12.1. The molecule has 1 saturated heterocycles. The van der Waals surface area contributed by atoms with Gasteiger partial charge in [0.05, 0.1) is 24.2 Å². The fraction of sp³-hybridized carbons (Fsp3) is 0.138. The van der Waals surface area contributed by atoms with Crippen LogP contribution in [0.5, 0.6) is 11.5 Å². The number of amidine groups is 1. The number of carbonyl (C=O) groups is 2. The molecule has 1 fully saturated rings. The molecule has 0 bridgehead atoms. The van der Waals surface area contributed by atoms with Crippen LogP contribution in [0.3, 0.4) is 0 Å². The minimum Gasteiger partial charge on any atom is -0.493 e. The van der Waals surface area contributed by atoms with Crippen molar-refractivity contribution < 1.29 is 24.2 Å². The zero-order chi connectivity index (χ0) is 26.2. The van der Waals surface area contributed by atoms with Gasteiger partial charge in [-0.05, 0) is 59.7 Å². The number of rotatable bonds is 10. The SMILES string of the molecule is C=CCc1cc(/C=C2\SC(=Nc3ccccc3)N(Cc3ccccc3)C2=O)cc(OC)c1OCC(=O)O. The third kappa shape index (κ3) is 6.48. The van der Waals surface area contributed by atoms with Gasteiger partial charge in [0.2, 0.25) is 0 Å². The first-order valence-electron chi connectivity index (χ1n) is 11.5. The van der Waals surface area contributed by atoms with Crippen molar-refractivity contribution in [2.45, 2.75) is 13.0 Å². The number of benzene rings is 3. The molecule has 1 amide bonds. The first kappa shape index (κ1) is 25.8. The lowest BCUT2D eigenvalue weighted by molar-refractivity contribution is -0.139. The third-order valence-electron chi connectivity index (χ3n) is 5.43. The molecule has 1 N–H and O–H groups in total. The molecule has 1 aliphatic heterocycles. The standard InChI is InChI=1S/C29H26N2O5S/c1-3-10-22-15-21(16-24(35-2)27(22)36-19-26(32)33)17-25-28(34)31(18-20-11-6-4-7-12-20)29(37-25)30-23-13-8-5-9-14-23/h3-9,11-17H,1,10,18-19H2,2H3,(H,32,33)/b25-17-,30-29?. The first-order valence-corrected chi connectivity index (χ1v) is 12.4. The van der Waals surface area contributed by atoms with Crippen LogP contribution in [0.15, 0.2) is 95.3 Å². The van der Waals surface area contributed by atoms with Crippen LogP contribution < -0.4 is 9.47 Å². The van der Waals surface area contributed by atoms with Crippen LogP contribution in [-0.2, 0) is 22.6 Å². The Balaban J connectivity index is 1.72. The highest BCUT2D eigenvalue weighted by molar-refractivity contribution is 8.18. The quantitative estimate of drug-likeness (QED) is 0.276. The minimum absolute atomic E-state index is 0.154. The van der Waals surface area contributed by atoms with E-state index in [1.54, 1.807) is 23.1 Å². The van der Waals surface area contributed by atoms with Crippen LogP contribution in [0.1, 0.15) is 16.7 Å². The topological polar surface area (TPSA) is 88.4 Å². The predicted molar refractivity (Wildman–Crippen MR) is 146 cm³/mol. The molecule has 1 aliphatic rings. The third-order valence-corrected chi connectivity index (χ3v) is 6.44. The molecule has 0 unspecified atom stereocenters. The van der Waals surface area contributed by atoms with Gasteiger partial charge in [-0.3, -0.25) is 9.69 Å². The van der Waals surface area contributed by atoms with E-state index in [4.69, 9.17) is 19.6 Å². The average Bonchev–Trinajstić information content (AvgIpc) is 3.17. The van der Waals surface area contributed by atoms with Crippen molar-refractivity contribution in [1.29, 1.82) is 0 Å². The molecular formula is C29H26N2O5S. The van der Waals surface area contributed by atoms with Gasteiger partial charge in [0.25, 0.3) is 5.91 Å². The smallest absolute Gasteiger partial charge is 0.341 e. The molecular weight excluding hydrogens is 488 g/mol. The molecule has 0 atom stereocenters. The van der Waals surface area contributed by atoms with Crippen molar-refractivity contribution in [1.82, 2.24) is 4.90 Å². The molecule has 8 heteroatoms. The van der Waals surface area contributed by atoms with Crippen molar-refractivity contribution in [3.63, 3.8) is 0 Å². The Labute approximate surface area is 219 Å². The number of allylic oxidation sites excluding steroid dienone is 1. The maximum absolute atomic E-state index is 13.5. The highest BCUT2D eigenvalue weighted by Gasteiger charge is 2.33. The molecule has 3 aromatic rings. The van der Waals surface area contributed by atoms with Gasteiger partial charge < -0.3 is 14.6 Å². The number of amides is 1. The number of carboxylic acids is 1. The molecule has 188 valence electrons.